The summed E-state index contributed by atoms with van der Waals surface area (Å²) in [7, 11) is 1.64. The highest BCUT2D eigenvalue weighted by atomic mass is 35.5. The van der Waals surface area contributed by atoms with Crippen LogP contribution in [0.5, 0.6) is 0 Å². The standard InChI is InChI=1S/C26H25ClF2N6O2/c1-15-4-3-9-34(23(15)36)18-5-6-19(21(27)11-18)20-10-16-12-32-25(30-2)33-22(16)35(24(20)37)13-17-7-8-31-14-26(17,28)29/h3-6,9-12,17,31H,7-8,13-14H2,1-2H3,(H,30,32,33). The SMILES string of the molecule is CNc1ncc2cc(-c3ccc(-n4cccc(C)c4=O)cc3Cl)c(=O)n(CC3CCNCC3(F)F)c2n1. The number of piperidine rings is 1. The van der Waals surface area contributed by atoms with E-state index in [0.717, 1.165) is 0 Å². The minimum absolute atomic E-state index is 0.181. The summed E-state index contributed by atoms with van der Waals surface area (Å²) in [5.74, 6) is -3.74. The van der Waals surface area contributed by atoms with Gasteiger partial charge < -0.3 is 10.6 Å². The number of halogens is 3. The van der Waals surface area contributed by atoms with Gasteiger partial charge in [-0.25, -0.2) is 13.8 Å². The first-order valence-electron chi connectivity index (χ1n) is 11.8. The number of rotatable bonds is 5. The lowest BCUT2D eigenvalue weighted by atomic mass is 9.93. The molecule has 0 aliphatic carbocycles. The van der Waals surface area contributed by atoms with Crippen LogP contribution in [-0.4, -0.2) is 45.2 Å². The lowest BCUT2D eigenvalue weighted by Crippen LogP contribution is -2.48. The normalized spacial score (nSPS) is 17.2. The van der Waals surface area contributed by atoms with E-state index in [-0.39, 0.29) is 40.7 Å². The van der Waals surface area contributed by atoms with Gasteiger partial charge in [-0.1, -0.05) is 23.7 Å². The first-order valence-corrected chi connectivity index (χ1v) is 12.2. The Morgan fingerprint density at radius 2 is 2.00 bits per heavy atom. The molecule has 1 aliphatic heterocycles. The number of nitrogens with one attached hydrogen (secondary N) is 2. The molecule has 37 heavy (non-hydrogen) atoms. The zero-order valence-electron chi connectivity index (χ0n) is 20.3. The van der Waals surface area contributed by atoms with Crippen LogP contribution in [-0.2, 0) is 6.54 Å². The second kappa shape index (κ2) is 9.68. The Morgan fingerprint density at radius 3 is 2.73 bits per heavy atom. The predicted molar refractivity (Wildman–Crippen MR) is 140 cm³/mol. The van der Waals surface area contributed by atoms with E-state index < -0.39 is 23.9 Å². The van der Waals surface area contributed by atoms with E-state index in [4.69, 9.17) is 11.6 Å². The smallest absolute Gasteiger partial charge is 0.264 e. The summed E-state index contributed by atoms with van der Waals surface area (Å²) < 4.78 is 32.2. The summed E-state index contributed by atoms with van der Waals surface area (Å²) in [6, 6.07) is 10.1. The maximum Gasteiger partial charge on any atom is 0.264 e. The summed E-state index contributed by atoms with van der Waals surface area (Å²) in [5.41, 5.74) is 1.38. The molecule has 8 nitrogen and oxygen atoms in total. The lowest BCUT2D eigenvalue weighted by molar-refractivity contribution is -0.0787. The molecular weight excluding hydrogens is 502 g/mol. The molecule has 5 rings (SSSR count). The fourth-order valence-corrected chi connectivity index (χ4v) is 4.93. The number of fused-ring (bicyclic) bond motifs is 1. The second-order valence-corrected chi connectivity index (χ2v) is 9.56. The van der Waals surface area contributed by atoms with Gasteiger partial charge in [0, 0.05) is 54.0 Å². The summed E-state index contributed by atoms with van der Waals surface area (Å²) in [6.45, 7) is 1.52. The van der Waals surface area contributed by atoms with Crippen LogP contribution in [0.25, 0.3) is 27.8 Å². The third-order valence-corrected chi connectivity index (χ3v) is 7.05. The average molecular weight is 527 g/mol. The monoisotopic (exact) mass is 526 g/mol. The minimum atomic E-state index is -2.97. The van der Waals surface area contributed by atoms with E-state index in [2.05, 4.69) is 20.6 Å². The zero-order chi connectivity index (χ0) is 26.3. The average Bonchev–Trinajstić information content (AvgIpc) is 2.88. The Labute approximate surface area is 215 Å². The molecule has 0 bridgehead atoms. The molecular formula is C26H25ClF2N6O2. The third-order valence-electron chi connectivity index (χ3n) is 6.74. The van der Waals surface area contributed by atoms with Crippen molar-refractivity contribution < 1.29 is 8.78 Å². The van der Waals surface area contributed by atoms with Crippen LogP contribution >= 0.6 is 11.6 Å². The summed E-state index contributed by atoms with van der Waals surface area (Å²) in [4.78, 5) is 35.0. The zero-order valence-corrected chi connectivity index (χ0v) is 21.0. The molecule has 11 heteroatoms. The van der Waals surface area contributed by atoms with E-state index in [1.807, 2.05) is 0 Å². The van der Waals surface area contributed by atoms with E-state index in [9.17, 15) is 18.4 Å². The largest absolute Gasteiger partial charge is 0.357 e. The predicted octanol–water partition coefficient (Wildman–Crippen LogP) is 3.86. The lowest BCUT2D eigenvalue weighted by Gasteiger charge is -2.32. The molecule has 0 radical (unpaired) electrons. The first kappa shape index (κ1) is 25.0. The Hall–Kier alpha value is -3.63. The number of benzene rings is 1. The van der Waals surface area contributed by atoms with E-state index in [1.165, 1.54) is 9.13 Å². The number of hydrogen-bond acceptors (Lipinski definition) is 6. The third kappa shape index (κ3) is 4.62. The molecule has 4 heterocycles. The molecule has 3 aromatic heterocycles. The van der Waals surface area contributed by atoms with Crippen molar-refractivity contribution in [2.24, 2.45) is 5.92 Å². The maximum absolute atomic E-state index is 14.7. The summed E-state index contributed by atoms with van der Waals surface area (Å²) in [5, 5.41) is 6.30. The quantitative estimate of drug-likeness (QED) is 0.410. The van der Waals surface area contributed by atoms with Crippen molar-refractivity contribution in [2.45, 2.75) is 25.8 Å². The summed E-state index contributed by atoms with van der Waals surface area (Å²) in [6.07, 6.45) is 3.40. The van der Waals surface area contributed by atoms with E-state index >= 15 is 0 Å². The number of aromatic nitrogens is 4. The number of alkyl halides is 2. The van der Waals surface area contributed by atoms with Crippen molar-refractivity contribution >= 4 is 28.6 Å². The second-order valence-electron chi connectivity index (χ2n) is 9.15. The molecule has 1 saturated heterocycles. The Kier molecular flexibility index (Phi) is 6.55. The Bertz CT molecular complexity index is 1620. The van der Waals surface area contributed by atoms with Gasteiger partial charge in [0.25, 0.3) is 17.0 Å². The first-order chi connectivity index (χ1) is 17.7. The molecule has 1 aromatic carbocycles. The molecule has 1 unspecified atom stereocenters. The maximum atomic E-state index is 14.7. The molecule has 0 amide bonds. The van der Waals surface area contributed by atoms with Gasteiger partial charge >= 0.3 is 0 Å². The van der Waals surface area contributed by atoms with Crippen LogP contribution < -0.4 is 21.8 Å². The molecule has 1 aliphatic rings. The van der Waals surface area contributed by atoms with Crippen molar-refractivity contribution in [1.29, 1.82) is 0 Å². The van der Waals surface area contributed by atoms with Gasteiger partial charge in [-0.3, -0.25) is 18.7 Å². The molecule has 1 atom stereocenters. The molecule has 1 fully saturated rings. The highest BCUT2D eigenvalue weighted by Gasteiger charge is 2.42. The fraction of sp³-hybridized carbons (Fsp3) is 0.308. The van der Waals surface area contributed by atoms with Crippen molar-refractivity contribution in [3.63, 3.8) is 0 Å². The van der Waals surface area contributed by atoms with E-state index in [1.54, 1.807) is 62.8 Å². The van der Waals surface area contributed by atoms with Crippen molar-refractivity contribution in [3.8, 4) is 16.8 Å². The highest BCUT2D eigenvalue weighted by molar-refractivity contribution is 6.33. The van der Waals surface area contributed by atoms with Crippen molar-refractivity contribution in [2.75, 3.05) is 25.5 Å². The Balaban J connectivity index is 1.66. The summed E-state index contributed by atoms with van der Waals surface area (Å²) >= 11 is 6.63. The minimum Gasteiger partial charge on any atom is -0.357 e. The molecule has 0 spiro atoms. The van der Waals surface area contributed by atoms with Crippen LogP contribution in [0.4, 0.5) is 14.7 Å². The van der Waals surface area contributed by atoms with Crippen molar-refractivity contribution in [3.05, 3.63) is 80.1 Å². The van der Waals surface area contributed by atoms with Crippen LogP contribution in [0.15, 0.2) is 58.4 Å². The topological polar surface area (TPSA) is 93.8 Å². The molecule has 0 saturated carbocycles. The Morgan fingerprint density at radius 1 is 1.19 bits per heavy atom. The number of nitrogens with zero attached hydrogens (tertiary/aromatic N) is 4. The molecule has 192 valence electrons. The van der Waals surface area contributed by atoms with Gasteiger partial charge in [0.15, 0.2) is 0 Å². The van der Waals surface area contributed by atoms with Gasteiger partial charge in [0.1, 0.15) is 5.65 Å². The molecule has 4 aromatic rings. The number of anilines is 1. The highest BCUT2D eigenvalue weighted by Crippen LogP contribution is 2.33. The van der Waals surface area contributed by atoms with Crippen LogP contribution in [0.2, 0.25) is 5.02 Å². The van der Waals surface area contributed by atoms with Gasteiger partial charge in [0.2, 0.25) is 5.95 Å². The van der Waals surface area contributed by atoms with E-state index in [0.29, 0.717) is 28.7 Å². The van der Waals surface area contributed by atoms with Crippen LogP contribution in [0.1, 0.15) is 12.0 Å². The van der Waals surface area contributed by atoms with Crippen molar-refractivity contribution in [1.82, 2.24) is 24.4 Å². The van der Waals surface area contributed by atoms with Crippen LogP contribution in [0, 0.1) is 12.8 Å². The van der Waals surface area contributed by atoms with Crippen LogP contribution in [0.3, 0.4) is 0 Å². The fourth-order valence-electron chi connectivity index (χ4n) is 4.65. The molecule has 2 N–H and O–H groups in total. The van der Waals surface area contributed by atoms with Gasteiger partial charge in [-0.15, -0.1) is 0 Å². The number of aryl methyl sites for hydroxylation is 1. The van der Waals surface area contributed by atoms with Gasteiger partial charge in [-0.05, 0) is 44.2 Å². The van der Waals surface area contributed by atoms with Gasteiger partial charge in [0.05, 0.1) is 17.3 Å². The number of hydrogen-bond donors (Lipinski definition) is 2. The number of pyridine rings is 2. The van der Waals surface area contributed by atoms with Gasteiger partial charge in [-0.2, -0.15) is 4.98 Å².